The van der Waals surface area contributed by atoms with Gasteiger partial charge in [-0.1, -0.05) is 13.0 Å². The van der Waals surface area contributed by atoms with Crippen molar-refractivity contribution in [2.75, 3.05) is 11.1 Å². The van der Waals surface area contributed by atoms with Crippen LogP contribution >= 0.6 is 0 Å². The van der Waals surface area contributed by atoms with E-state index in [1.54, 1.807) is 6.07 Å². The molecular formula is C13H17N3. The molecule has 0 amide bonds. The van der Waals surface area contributed by atoms with Gasteiger partial charge in [-0.25, -0.2) is 0 Å². The Morgan fingerprint density at radius 1 is 1.44 bits per heavy atom. The molecule has 1 fully saturated rings. The zero-order valence-corrected chi connectivity index (χ0v) is 9.53. The molecule has 1 aliphatic rings. The Morgan fingerprint density at radius 2 is 2.25 bits per heavy atom. The maximum absolute atomic E-state index is 8.89. The molecular weight excluding hydrogens is 198 g/mol. The van der Waals surface area contributed by atoms with Crippen molar-refractivity contribution in [2.45, 2.75) is 32.2 Å². The van der Waals surface area contributed by atoms with Crippen LogP contribution in [0.3, 0.4) is 0 Å². The highest BCUT2D eigenvalue weighted by atomic mass is 14.9. The molecule has 1 aromatic carbocycles. The highest BCUT2D eigenvalue weighted by Crippen LogP contribution is 2.30. The minimum Gasteiger partial charge on any atom is -0.396 e. The predicted molar refractivity (Wildman–Crippen MR) is 66.0 cm³/mol. The van der Waals surface area contributed by atoms with E-state index in [0.29, 0.717) is 17.3 Å². The Bertz CT molecular complexity index is 420. The molecule has 1 aromatic rings. The first-order chi connectivity index (χ1) is 7.70. The molecule has 0 radical (unpaired) electrons. The molecule has 84 valence electrons. The summed E-state index contributed by atoms with van der Waals surface area (Å²) in [5, 5.41) is 12.3. The molecule has 0 saturated heterocycles. The fraction of sp³-hybridized carbons (Fsp3) is 0.462. The highest BCUT2D eigenvalue weighted by Gasteiger charge is 2.21. The average Bonchev–Trinajstić information content (AvgIpc) is 2.67. The number of hydrogen-bond acceptors (Lipinski definition) is 3. The van der Waals surface area contributed by atoms with Gasteiger partial charge in [-0.3, -0.25) is 0 Å². The number of anilines is 2. The molecule has 1 saturated carbocycles. The number of nitriles is 1. The van der Waals surface area contributed by atoms with Crippen LogP contribution < -0.4 is 11.1 Å². The van der Waals surface area contributed by atoms with Crippen molar-refractivity contribution in [3.05, 3.63) is 23.8 Å². The number of nitrogens with two attached hydrogens (primary N) is 1. The summed E-state index contributed by atoms with van der Waals surface area (Å²) in [5.74, 6) is 0.790. The summed E-state index contributed by atoms with van der Waals surface area (Å²) < 4.78 is 0. The van der Waals surface area contributed by atoms with Gasteiger partial charge >= 0.3 is 0 Å². The lowest BCUT2D eigenvalue weighted by molar-refractivity contribution is 0.603. The maximum Gasteiger partial charge on any atom is 0.101 e. The quantitative estimate of drug-likeness (QED) is 0.746. The lowest BCUT2D eigenvalue weighted by Gasteiger charge is -2.16. The zero-order chi connectivity index (χ0) is 11.5. The predicted octanol–water partition coefficient (Wildman–Crippen LogP) is 2.74. The van der Waals surface area contributed by atoms with Crippen LogP contribution in [0.5, 0.6) is 0 Å². The molecule has 1 aliphatic carbocycles. The maximum atomic E-state index is 8.89. The first-order valence-corrected chi connectivity index (χ1v) is 5.76. The van der Waals surface area contributed by atoms with Gasteiger partial charge < -0.3 is 11.1 Å². The number of para-hydroxylation sites is 1. The molecule has 16 heavy (non-hydrogen) atoms. The first kappa shape index (κ1) is 10.8. The average molecular weight is 215 g/mol. The molecule has 0 aromatic heterocycles. The van der Waals surface area contributed by atoms with Crippen molar-refractivity contribution in [1.82, 2.24) is 0 Å². The van der Waals surface area contributed by atoms with Gasteiger partial charge in [-0.15, -0.1) is 0 Å². The number of nitrogens with one attached hydrogen (secondary N) is 1. The molecule has 3 heteroatoms. The van der Waals surface area contributed by atoms with Crippen molar-refractivity contribution < 1.29 is 0 Å². The molecule has 2 rings (SSSR count). The fourth-order valence-corrected chi connectivity index (χ4v) is 2.35. The summed E-state index contributed by atoms with van der Waals surface area (Å²) in [5.41, 5.74) is 7.95. The molecule has 3 N–H and O–H groups in total. The fourth-order valence-electron chi connectivity index (χ4n) is 2.35. The minimum absolute atomic E-state index is 0.506. The molecule has 0 spiro atoms. The molecule has 0 heterocycles. The van der Waals surface area contributed by atoms with E-state index in [1.807, 2.05) is 12.1 Å². The summed E-state index contributed by atoms with van der Waals surface area (Å²) in [6, 6.07) is 8.17. The van der Waals surface area contributed by atoms with Gasteiger partial charge in [0.15, 0.2) is 0 Å². The van der Waals surface area contributed by atoms with Crippen LogP contribution in [0, 0.1) is 17.2 Å². The van der Waals surface area contributed by atoms with Gasteiger partial charge in [0.25, 0.3) is 0 Å². The van der Waals surface area contributed by atoms with E-state index >= 15 is 0 Å². The van der Waals surface area contributed by atoms with Crippen molar-refractivity contribution in [3.8, 4) is 6.07 Å². The van der Waals surface area contributed by atoms with E-state index in [-0.39, 0.29) is 0 Å². The number of benzene rings is 1. The van der Waals surface area contributed by atoms with Crippen LogP contribution in [0.25, 0.3) is 0 Å². The summed E-state index contributed by atoms with van der Waals surface area (Å²) in [7, 11) is 0. The Kier molecular flexibility index (Phi) is 3.00. The second-order valence-electron chi connectivity index (χ2n) is 4.64. The lowest BCUT2D eigenvalue weighted by Crippen LogP contribution is -2.16. The SMILES string of the molecule is CC1CCC(Nc2cccc(C#N)c2N)C1. The van der Waals surface area contributed by atoms with Crippen LogP contribution in [0.4, 0.5) is 11.4 Å². The zero-order valence-electron chi connectivity index (χ0n) is 9.53. The number of hydrogen-bond donors (Lipinski definition) is 2. The van der Waals surface area contributed by atoms with Crippen LogP contribution in [-0.2, 0) is 0 Å². The standard InChI is InChI=1S/C13H17N3/c1-9-5-6-11(7-9)16-12-4-2-3-10(8-14)13(12)15/h2-4,9,11,16H,5-7,15H2,1H3. The number of rotatable bonds is 2. The van der Waals surface area contributed by atoms with Crippen LogP contribution in [0.2, 0.25) is 0 Å². The summed E-state index contributed by atoms with van der Waals surface area (Å²) in [6.07, 6.45) is 3.66. The topological polar surface area (TPSA) is 61.8 Å². The second-order valence-corrected chi connectivity index (χ2v) is 4.64. The first-order valence-electron chi connectivity index (χ1n) is 5.76. The second kappa shape index (κ2) is 4.44. The van der Waals surface area contributed by atoms with E-state index in [0.717, 1.165) is 11.6 Å². The molecule has 3 nitrogen and oxygen atoms in total. The highest BCUT2D eigenvalue weighted by molar-refractivity contribution is 5.73. The third-order valence-corrected chi connectivity index (χ3v) is 3.28. The summed E-state index contributed by atoms with van der Waals surface area (Å²) >= 11 is 0. The molecule has 0 bridgehead atoms. The van der Waals surface area contributed by atoms with Gasteiger partial charge in [0.2, 0.25) is 0 Å². The van der Waals surface area contributed by atoms with Gasteiger partial charge in [0.05, 0.1) is 16.9 Å². The van der Waals surface area contributed by atoms with Crippen LogP contribution in [-0.4, -0.2) is 6.04 Å². The summed E-state index contributed by atoms with van der Waals surface area (Å²) in [4.78, 5) is 0. The van der Waals surface area contributed by atoms with Crippen LogP contribution in [0.1, 0.15) is 31.7 Å². The van der Waals surface area contributed by atoms with Gasteiger partial charge in [-0.2, -0.15) is 5.26 Å². The van der Waals surface area contributed by atoms with Gasteiger partial charge in [0.1, 0.15) is 6.07 Å². The van der Waals surface area contributed by atoms with Crippen molar-refractivity contribution in [3.63, 3.8) is 0 Å². The monoisotopic (exact) mass is 215 g/mol. The largest absolute Gasteiger partial charge is 0.396 e. The smallest absolute Gasteiger partial charge is 0.101 e. The summed E-state index contributed by atoms with van der Waals surface area (Å²) in [6.45, 7) is 2.27. The Balaban J connectivity index is 2.13. The number of nitrogen functional groups attached to an aromatic ring is 1. The Hall–Kier alpha value is -1.69. The van der Waals surface area contributed by atoms with Crippen molar-refractivity contribution in [1.29, 1.82) is 5.26 Å². The molecule has 0 aliphatic heterocycles. The Morgan fingerprint density at radius 3 is 2.88 bits per heavy atom. The van der Waals surface area contributed by atoms with Gasteiger partial charge in [0, 0.05) is 6.04 Å². The van der Waals surface area contributed by atoms with Gasteiger partial charge in [-0.05, 0) is 37.3 Å². The minimum atomic E-state index is 0.506. The van der Waals surface area contributed by atoms with Crippen molar-refractivity contribution in [2.24, 2.45) is 5.92 Å². The molecule has 2 unspecified atom stereocenters. The van der Waals surface area contributed by atoms with Crippen LogP contribution in [0.15, 0.2) is 18.2 Å². The third kappa shape index (κ3) is 2.11. The lowest BCUT2D eigenvalue weighted by atomic mass is 10.1. The normalized spacial score (nSPS) is 24.0. The number of nitrogens with zero attached hydrogens (tertiary/aromatic N) is 1. The van der Waals surface area contributed by atoms with E-state index in [1.165, 1.54) is 19.3 Å². The van der Waals surface area contributed by atoms with E-state index in [9.17, 15) is 0 Å². The molecule has 2 atom stereocenters. The van der Waals surface area contributed by atoms with E-state index in [2.05, 4.69) is 18.3 Å². The van der Waals surface area contributed by atoms with E-state index in [4.69, 9.17) is 11.0 Å². The third-order valence-electron chi connectivity index (χ3n) is 3.28. The van der Waals surface area contributed by atoms with Crippen molar-refractivity contribution >= 4 is 11.4 Å². The van der Waals surface area contributed by atoms with E-state index < -0.39 is 0 Å². The Labute approximate surface area is 96.3 Å².